The van der Waals surface area contributed by atoms with Crippen LogP contribution in [0.2, 0.25) is 0 Å². The van der Waals surface area contributed by atoms with E-state index in [1.54, 1.807) is 18.3 Å². The molecule has 1 aromatic carbocycles. The van der Waals surface area contributed by atoms with Crippen molar-refractivity contribution in [1.29, 1.82) is 0 Å². The molecule has 4 N–H and O–H groups in total. The molecule has 163 valence electrons. The van der Waals surface area contributed by atoms with Gasteiger partial charge in [0.05, 0.1) is 22.9 Å². The van der Waals surface area contributed by atoms with Crippen molar-refractivity contribution >= 4 is 33.8 Å². The van der Waals surface area contributed by atoms with Gasteiger partial charge in [0.25, 0.3) is 5.91 Å². The van der Waals surface area contributed by atoms with Crippen molar-refractivity contribution in [2.24, 2.45) is 16.1 Å². The van der Waals surface area contributed by atoms with Crippen molar-refractivity contribution in [3.05, 3.63) is 71.1 Å². The molecule has 4 rings (SSSR count). The van der Waals surface area contributed by atoms with Crippen LogP contribution in [-0.2, 0) is 5.60 Å². The zero-order valence-corrected chi connectivity index (χ0v) is 17.7. The second-order valence-electron chi connectivity index (χ2n) is 7.47. The van der Waals surface area contributed by atoms with Gasteiger partial charge in [-0.25, -0.2) is 13.8 Å². The van der Waals surface area contributed by atoms with Gasteiger partial charge in [-0.15, -0.1) is 21.9 Å². The molecule has 1 aliphatic heterocycles. The van der Waals surface area contributed by atoms with E-state index in [0.29, 0.717) is 17.1 Å². The number of hydrogen-bond donors (Lipinski definition) is 3. The molecule has 3 heterocycles. The van der Waals surface area contributed by atoms with Gasteiger partial charge in [-0.3, -0.25) is 4.79 Å². The van der Waals surface area contributed by atoms with Crippen LogP contribution in [0.3, 0.4) is 0 Å². The van der Waals surface area contributed by atoms with Gasteiger partial charge in [0.2, 0.25) is 0 Å². The monoisotopic (exact) mass is 455 g/mol. The molecule has 0 atom stereocenters. The van der Waals surface area contributed by atoms with E-state index in [4.69, 9.17) is 5.73 Å². The maximum atomic E-state index is 14.8. The van der Waals surface area contributed by atoms with Gasteiger partial charge in [0.1, 0.15) is 28.2 Å². The molecule has 0 unspecified atom stereocenters. The number of thiophene rings is 1. The Balaban J connectivity index is 1.68. The predicted molar refractivity (Wildman–Crippen MR) is 116 cm³/mol. The van der Waals surface area contributed by atoms with Crippen LogP contribution in [0.4, 0.5) is 19.6 Å². The number of amides is 1. The highest BCUT2D eigenvalue weighted by Crippen LogP contribution is 2.40. The maximum absolute atomic E-state index is 14.8. The number of pyridine rings is 1. The molecular weight excluding hydrogens is 438 g/mol. The van der Waals surface area contributed by atoms with E-state index >= 15 is 0 Å². The second-order valence-corrected chi connectivity index (χ2v) is 8.52. The van der Waals surface area contributed by atoms with Crippen molar-refractivity contribution in [3.63, 3.8) is 0 Å². The number of benzene rings is 1. The molecule has 0 fully saturated rings. The fourth-order valence-electron chi connectivity index (χ4n) is 3.00. The van der Waals surface area contributed by atoms with Crippen LogP contribution < -0.4 is 16.5 Å². The normalized spacial score (nSPS) is 13.1. The Morgan fingerprint density at radius 3 is 2.44 bits per heavy atom. The van der Waals surface area contributed by atoms with Crippen molar-refractivity contribution in [2.75, 3.05) is 5.32 Å². The van der Waals surface area contributed by atoms with Gasteiger partial charge in [-0.05, 0) is 55.0 Å². The van der Waals surface area contributed by atoms with Gasteiger partial charge < -0.3 is 16.2 Å². The molecule has 0 saturated heterocycles. The largest absolute Gasteiger partial charge is 0.386 e. The Morgan fingerprint density at radius 2 is 1.91 bits per heavy atom. The molecule has 0 aliphatic carbocycles. The van der Waals surface area contributed by atoms with Crippen molar-refractivity contribution in [3.8, 4) is 10.4 Å². The Morgan fingerprint density at radius 1 is 1.19 bits per heavy atom. The van der Waals surface area contributed by atoms with E-state index in [-0.39, 0.29) is 26.6 Å². The summed E-state index contributed by atoms with van der Waals surface area (Å²) in [4.78, 5) is 16.4. The van der Waals surface area contributed by atoms with Crippen LogP contribution in [0.5, 0.6) is 0 Å². The summed E-state index contributed by atoms with van der Waals surface area (Å²) in [7, 11) is 0. The molecule has 3 aromatic rings. The number of aliphatic hydroxyl groups is 1. The standard InChI is InChI=1S/C21H17F2N6O2S/c1-21(2,31)11-5-13(22)18(14(23)6-11)16-7-12(19(24)30)20(32-16)27-17-4-3-10(8-25-17)15-9-26-29-28-15/h3-9,31H,1-2H3,(H2,24,30)(H,25,27). The first-order chi connectivity index (χ1) is 15.1. The molecule has 1 radical (unpaired) electrons. The van der Waals surface area contributed by atoms with E-state index in [9.17, 15) is 18.7 Å². The lowest BCUT2D eigenvalue weighted by molar-refractivity contribution is 0.0778. The summed E-state index contributed by atoms with van der Waals surface area (Å²) in [5, 5.41) is 20.7. The van der Waals surface area contributed by atoms with Gasteiger partial charge in [-0.1, -0.05) is 0 Å². The van der Waals surface area contributed by atoms with E-state index in [2.05, 4.69) is 26.1 Å². The summed E-state index contributed by atoms with van der Waals surface area (Å²) < 4.78 is 29.5. The fourth-order valence-corrected chi connectivity index (χ4v) is 4.12. The third-order valence-electron chi connectivity index (χ3n) is 4.68. The first kappa shape index (κ1) is 21.5. The topological polar surface area (TPSA) is 127 Å². The third-order valence-corrected chi connectivity index (χ3v) is 5.75. The number of nitrogens with one attached hydrogen (secondary N) is 1. The minimum absolute atomic E-state index is 0.0624. The molecular formula is C21H17F2N6O2S. The average molecular weight is 455 g/mol. The molecule has 8 nitrogen and oxygen atoms in total. The summed E-state index contributed by atoms with van der Waals surface area (Å²) in [6, 6.07) is 6.83. The molecule has 0 saturated carbocycles. The number of primary amides is 1. The van der Waals surface area contributed by atoms with Crippen molar-refractivity contribution < 1.29 is 18.7 Å². The van der Waals surface area contributed by atoms with Crippen molar-refractivity contribution in [1.82, 2.24) is 10.4 Å². The molecule has 1 aliphatic rings. The Bertz CT molecular complexity index is 1240. The van der Waals surface area contributed by atoms with Crippen LogP contribution >= 0.6 is 11.3 Å². The number of carbonyl (C=O) groups excluding carboxylic acids is 1. The number of nitrogens with zero attached hydrogens (tertiary/aromatic N) is 4. The lowest BCUT2D eigenvalue weighted by Crippen LogP contribution is -2.16. The number of hydrogen-bond acceptors (Lipinski definition) is 7. The molecule has 1 amide bonds. The molecule has 11 heteroatoms. The quantitative estimate of drug-likeness (QED) is 0.508. The average Bonchev–Trinajstić information content (AvgIpc) is 3.38. The van der Waals surface area contributed by atoms with E-state index in [1.807, 2.05) is 0 Å². The second kappa shape index (κ2) is 8.09. The van der Waals surface area contributed by atoms with E-state index in [0.717, 1.165) is 23.5 Å². The highest BCUT2D eigenvalue weighted by atomic mass is 32.1. The van der Waals surface area contributed by atoms with Crippen LogP contribution in [0.25, 0.3) is 16.1 Å². The van der Waals surface area contributed by atoms with Crippen LogP contribution in [0.1, 0.15) is 35.3 Å². The van der Waals surface area contributed by atoms with E-state index < -0.39 is 23.1 Å². The van der Waals surface area contributed by atoms with Gasteiger partial charge in [-0.2, -0.15) is 0 Å². The van der Waals surface area contributed by atoms with Gasteiger partial charge in [0.15, 0.2) is 0 Å². The molecule has 0 bridgehead atoms. The summed E-state index contributed by atoms with van der Waals surface area (Å²) in [5.74, 6) is -2.11. The summed E-state index contributed by atoms with van der Waals surface area (Å²) in [5.41, 5.74) is 8.80. The highest BCUT2D eigenvalue weighted by Gasteiger charge is 2.24. The molecule has 0 spiro atoms. The predicted octanol–water partition coefficient (Wildman–Crippen LogP) is 4.44. The first-order valence-electron chi connectivity index (χ1n) is 9.34. The van der Waals surface area contributed by atoms with Gasteiger partial charge in [0, 0.05) is 16.6 Å². The Hall–Kier alpha value is -3.70. The number of anilines is 2. The maximum Gasteiger partial charge on any atom is 0.251 e. The number of nitrogens with two attached hydrogens (primary N) is 1. The van der Waals surface area contributed by atoms with E-state index in [1.165, 1.54) is 26.1 Å². The SMILES string of the molecule is CC(C)(O)c1cc(F)c(-c2cc(C(N)=O)c(Nc3ccc(C4=C[N]N=N4)cn3)s2)c(F)c1. The van der Waals surface area contributed by atoms with Crippen molar-refractivity contribution in [2.45, 2.75) is 19.4 Å². The Kier molecular flexibility index (Phi) is 5.45. The summed E-state index contributed by atoms with van der Waals surface area (Å²) in [6.07, 6.45) is 3.04. The zero-order valence-electron chi connectivity index (χ0n) is 16.9. The lowest BCUT2D eigenvalue weighted by Gasteiger charge is -2.18. The minimum atomic E-state index is -1.41. The van der Waals surface area contributed by atoms with Gasteiger partial charge >= 0.3 is 0 Å². The minimum Gasteiger partial charge on any atom is -0.386 e. The fraction of sp³-hybridized carbons (Fsp3) is 0.143. The zero-order chi connectivity index (χ0) is 23.0. The summed E-state index contributed by atoms with van der Waals surface area (Å²) in [6.45, 7) is 2.86. The third kappa shape index (κ3) is 4.20. The number of halogens is 2. The molecule has 32 heavy (non-hydrogen) atoms. The first-order valence-corrected chi connectivity index (χ1v) is 10.2. The molecule has 2 aromatic heterocycles. The number of aromatic nitrogens is 1. The number of rotatable bonds is 6. The lowest BCUT2D eigenvalue weighted by atomic mass is 9.96. The Labute approximate surface area is 185 Å². The number of carbonyl (C=O) groups is 1. The van der Waals surface area contributed by atoms with Crippen LogP contribution in [0.15, 0.2) is 53.1 Å². The summed E-state index contributed by atoms with van der Waals surface area (Å²) >= 11 is 0.953. The smallest absolute Gasteiger partial charge is 0.251 e. The highest BCUT2D eigenvalue weighted by molar-refractivity contribution is 7.20. The van der Waals surface area contributed by atoms with Crippen LogP contribution in [-0.4, -0.2) is 16.0 Å². The van der Waals surface area contributed by atoms with Crippen LogP contribution in [0, 0.1) is 11.6 Å².